The maximum Gasteiger partial charge on any atom is 0.137 e. The molecule has 3 heteroatoms. The van der Waals surface area contributed by atoms with E-state index in [1.807, 2.05) is 0 Å². The second kappa shape index (κ2) is 6.36. The molecule has 2 fully saturated rings. The molecule has 19 heavy (non-hydrogen) atoms. The number of ketones is 1. The Morgan fingerprint density at radius 2 is 2.05 bits per heavy atom. The molecular formula is C16H30N2O. The van der Waals surface area contributed by atoms with Gasteiger partial charge in [0.25, 0.3) is 0 Å². The predicted molar refractivity (Wildman–Crippen MR) is 79.2 cm³/mol. The summed E-state index contributed by atoms with van der Waals surface area (Å²) in [6.45, 7) is 7.81. The van der Waals surface area contributed by atoms with Gasteiger partial charge in [0.15, 0.2) is 0 Å². The van der Waals surface area contributed by atoms with Gasteiger partial charge in [-0.2, -0.15) is 0 Å². The number of Topliss-reactive ketones (excluding diaryl/α,β-unsaturated/α-hetero) is 1. The molecule has 0 aromatic rings. The molecule has 110 valence electrons. The van der Waals surface area contributed by atoms with Crippen LogP contribution in [0.15, 0.2) is 0 Å². The number of hydrogen-bond acceptors (Lipinski definition) is 3. The lowest BCUT2D eigenvalue weighted by Crippen LogP contribution is -2.44. The fraction of sp³-hybridized carbons (Fsp3) is 0.938. The zero-order chi connectivity index (χ0) is 14.0. The summed E-state index contributed by atoms with van der Waals surface area (Å²) in [5, 5.41) is 0. The van der Waals surface area contributed by atoms with Crippen molar-refractivity contribution in [2.75, 3.05) is 33.7 Å². The van der Waals surface area contributed by atoms with Crippen molar-refractivity contribution in [1.82, 2.24) is 9.80 Å². The van der Waals surface area contributed by atoms with Crippen molar-refractivity contribution in [3.8, 4) is 0 Å². The van der Waals surface area contributed by atoms with Crippen LogP contribution in [-0.4, -0.2) is 55.4 Å². The minimum Gasteiger partial charge on any atom is -0.308 e. The second-order valence-electron chi connectivity index (χ2n) is 7.15. The van der Waals surface area contributed by atoms with Crippen molar-refractivity contribution >= 4 is 5.78 Å². The van der Waals surface area contributed by atoms with Crippen LogP contribution in [0.1, 0.15) is 39.5 Å². The van der Waals surface area contributed by atoms with Gasteiger partial charge in [0.2, 0.25) is 0 Å². The van der Waals surface area contributed by atoms with E-state index in [0.717, 1.165) is 19.5 Å². The van der Waals surface area contributed by atoms with Crippen molar-refractivity contribution in [1.29, 1.82) is 0 Å². The van der Waals surface area contributed by atoms with Gasteiger partial charge in [-0.15, -0.1) is 0 Å². The maximum atomic E-state index is 12.3. The van der Waals surface area contributed by atoms with E-state index >= 15 is 0 Å². The van der Waals surface area contributed by atoms with E-state index in [-0.39, 0.29) is 0 Å². The van der Waals surface area contributed by atoms with Gasteiger partial charge in [-0.25, -0.2) is 0 Å². The van der Waals surface area contributed by atoms with E-state index in [2.05, 4.69) is 37.7 Å². The van der Waals surface area contributed by atoms with Crippen LogP contribution in [0.25, 0.3) is 0 Å². The molecule has 1 heterocycles. The summed E-state index contributed by atoms with van der Waals surface area (Å²) in [7, 11) is 4.29. The van der Waals surface area contributed by atoms with Crippen molar-refractivity contribution in [3.05, 3.63) is 0 Å². The Morgan fingerprint density at radius 1 is 1.32 bits per heavy atom. The van der Waals surface area contributed by atoms with Crippen LogP contribution in [0.3, 0.4) is 0 Å². The van der Waals surface area contributed by atoms with E-state index in [4.69, 9.17) is 0 Å². The average molecular weight is 266 g/mol. The Kier molecular flexibility index (Phi) is 5.02. The van der Waals surface area contributed by atoms with Crippen LogP contribution in [0.4, 0.5) is 0 Å². The van der Waals surface area contributed by atoms with Crippen LogP contribution in [0.5, 0.6) is 0 Å². The molecule has 0 aromatic carbocycles. The van der Waals surface area contributed by atoms with Gasteiger partial charge in [-0.1, -0.05) is 13.8 Å². The summed E-state index contributed by atoms with van der Waals surface area (Å²) < 4.78 is 0. The Bertz CT molecular complexity index is 316. The molecule has 4 atom stereocenters. The van der Waals surface area contributed by atoms with Gasteiger partial charge in [-0.05, 0) is 51.7 Å². The Balaban J connectivity index is 1.93. The van der Waals surface area contributed by atoms with Gasteiger partial charge < -0.3 is 4.90 Å². The molecule has 2 rings (SSSR count). The third-order valence-electron chi connectivity index (χ3n) is 4.93. The molecule has 4 unspecified atom stereocenters. The SMILES string of the molecule is CC1CC(=O)C(CN2CCCC2CN(C)C)C(C)C1. The normalized spacial score (nSPS) is 37.2. The minimum absolute atomic E-state index is 0.291. The first kappa shape index (κ1) is 15.0. The monoisotopic (exact) mass is 266 g/mol. The second-order valence-corrected chi connectivity index (χ2v) is 7.15. The molecule has 0 amide bonds. The van der Waals surface area contributed by atoms with Gasteiger partial charge in [0.1, 0.15) is 5.78 Å². The zero-order valence-corrected chi connectivity index (χ0v) is 13.1. The fourth-order valence-electron chi connectivity index (χ4n) is 3.99. The third-order valence-corrected chi connectivity index (χ3v) is 4.93. The summed E-state index contributed by atoms with van der Waals surface area (Å²) >= 11 is 0. The van der Waals surface area contributed by atoms with Gasteiger partial charge in [0, 0.05) is 31.5 Å². The summed E-state index contributed by atoms with van der Waals surface area (Å²) in [4.78, 5) is 17.1. The van der Waals surface area contributed by atoms with Gasteiger partial charge >= 0.3 is 0 Å². The molecule has 1 aliphatic heterocycles. The molecule has 0 N–H and O–H groups in total. The molecule has 0 radical (unpaired) electrons. The van der Waals surface area contributed by atoms with Crippen LogP contribution < -0.4 is 0 Å². The average Bonchev–Trinajstić information content (AvgIpc) is 2.70. The highest BCUT2D eigenvalue weighted by molar-refractivity contribution is 5.82. The largest absolute Gasteiger partial charge is 0.308 e. The van der Waals surface area contributed by atoms with Crippen LogP contribution in [0.2, 0.25) is 0 Å². The Hall–Kier alpha value is -0.410. The number of likely N-dealkylation sites (N-methyl/N-ethyl adjacent to an activating group) is 1. The number of likely N-dealkylation sites (tertiary alicyclic amines) is 1. The lowest BCUT2D eigenvalue weighted by molar-refractivity contribution is -0.128. The topological polar surface area (TPSA) is 23.6 Å². The molecule has 0 aromatic heterocycles. The first-order valence-electron chi connectivity index (χ1n) is 7.89. The van der Waals surface area contributed by atoms with E-state index in [1.54, 1.807) is 0 Å². The number of nitrogens with zero attached hydrogens (tertiary/aromatic N) is 2. The first-order chi connectivity index (χ1) is 8.97. The number of rotatable bonds is 4. The Labute approximate surface area is 118 Å². The molecule has 0 bridgehead atoms. The first-order valence-corrected chi connectivity index (χ1v) is 7.89. The summed E-state index contributed by atoms with van der Waals surface area (Å²) in [6.07, 6.45) is 4.62. The highest BCUT2D eigenvalue weighted by atomic mass is 16.1. The van der Waals surface area contributed by atoms with E-state index in [0.29, 0.717) is 29.6 Å². The highest BCUT2D eigenvalue weighted by Crippen LogP contribution is 2.33. The molecule has 1 saturated heterocycles. The third kappa shape index (κ3) is 3.79. The van der Waals surface area contributed by atoms with Gasteiger partial charge in [0.05, 0.1) is 0 Å². The van der Waals surface area contributed by atoms with Crippen LogP contribution in [-0.2, 0) is 4.79 Å². The fourth-order valence-corrected chi connectivity index (χ4v) is 3.99. The standard InChI is InChI=1S/C16H30N2O/c1-12-8-13(2)15(16(19)9-12)11-18-7-5-6-14(18)10-17(3)4/h12-15H,5-11H2,1-4H3. The van der Waals surface area contributed by atoms with E-state index in [9.17, 15) is 4.79 Å². The lowest BCUT2D eigenvalue weighted by Gasteiger charge is -2.36. The lowest BCUT2D eigenvalue weighted by atomic mass is 9.74. The number of carbonyl (C=O) groups is 1. The van der Waals surface area contributed by atoms with Crippen molar-refractivity contribution in [2.24, 2.45) is 17.8 Å². The van der Waals surface area contributed by atoms with Crippen molar-refractivity contribution < 1.29 is 4.79 Å². The molecular weight excluding hydrogens is 236 g/mol. The predicted octanol–water partition coefficient (Wildman–Crippen LogP) is 2.26. The number of carbonyl (C=O) groups excluding carboxylic acids is 1. The maximum absolute atomic E-state index is 12.3. The van der Waals surface area contributed by atoms with Crippen LogP contribution in [0, 0.1) is 17.8 Å². The minimum atomic E-state index is 0.291. The number of hydrogen-bond donors (Lipinski definition) is 0. The van der Waals surface area contributed by atoms with E-state index in [1.165, 1.54) is 25.8 Å². The molecule has 2 aliphatic rings. The summed E-state index contributed by atoms with van der Waals surface area (Å²) in [6, 6.07) is 0.661. The zero-order valence-electron chi connectivity index (χ0n) is 13.1. The Morgan fingerprint density at radius 3 is 2.68 bits per heavy atom. The summed E-state index contributed by atoms with van der Waals surface area (Å²) in [5.41, 5.74) is 0. The smallest absolute Gasteiger partial charge is 0.137 e. The summed E-state index contributed by atoms with van der Waals surface area (Å²) in [5.74, 6) is 1.97. The molecule has 3 nitrogen and oxygen atoms in total. The molecule has 1 aliphatic carbocycles. The molecule has 1 saturated carbocycles. The quantitative estimate of drug-likeness (QED) is 0.780. The van der Waals surface area contributed by atoms with Crippen molar-refractivity contribution in [3.63, 3.8) is 0 Å². The van der Waals surface area contributed by atoms with Crippen LogP contribution >= 0.6 is 0 Å². The molecule has 0 spiro atoms. The van der Waals surface area contributed by atoms with Gasteiger partial charge in [-0.3, -0.25) is 9.69 Å². The highest BCUT2D eigenvalue weighted by Gasteiger charge is 2.36. The van der Waals surface area contributed by atoms with E-state index < -0.39 is 0 Å². The van der Waals surface area contributed by atoms with Crippen molar-refractivity contribution in [2.45, 2.75) is 45.6 Å².